The Kier molecular flexibility index (Phi) is 5.75. The molecule has 1 rings (SSSR count). The number of phenolic OH excluding ortho intramolecular Hbond substituents is 1. The van der Waals surface area contributed by atoms with Gasteiger partial charge in [-0.3, -0.25) is 0 Å². The molecule has 3 nitrogen and oxygen atoms in total. The molecule has 0 bridgehead atoms. The largest absolute Gasteiger partial charge is 0.507 e. The summed E-state index contributed by atoms with van der Waals surface area (Å²) < 4.78 is 5.24. The van der Waals surface area contributed by atoms with Crippen LogP contribution in [0.2, 0.25) is 0 Å². The van der Waals surface area contributed by atoms with Crippen LogP contribution in [-0.2, 0) is 0 Å². The molecule has 0 aliphatic carbocycles. The van der Waals surface area contributed by atoms with Crippen LogP contribution in [0.15, 0.2) is 23.1 Å². The lowest BCUT2D eigenvalue weighted by molar-refractivity contribution is 0.201. The number of aromatic hydroxyl groups is 1. The van der Waals surface area contributed by atoms with Crippen molar-refractivity contribution >= 4 is 24.4 Å². The van der Waals surface area contributed by atoms with Crippen LogP contribution in [-0.4, -0.2) is 34.9 Å². The van der Waals surface area contributed by atoms with Gasteiger partial charge < -0.3 is 14.9 Å². The summed E-state index contributed by atoms with van der Waals surface area (Å²) in [6, 6.07) is 5.03. The van der Waals surface area contributed by atoms with Crippen LogP contribution in [0.25, 0.3) is 0 Å². The second-order valence-corrected chi connectivity index (χ2v) is 4.36. The van der Waals surface area contributed by atoms with Gasteiger partial charge in [-0.1, -0.05) is 0 Å². The number of hydrogen-bond acceptors (Lipinski definition) is 5. The molecule has 0 aromatic heterocycles. The second kappa shape index (κ2) is 6.87. The fourth-order valence-electron chi connectivity index (χ4n) is 1.02. The Bertz CT molecular complexity index is 305. The molecule has 15 heavy (non-hydrogen) atoms. The molecule has 2 N–H and O–H groups in total. The van der Waals surface area contributed by atoms with Crippen LogP contribution in [0.3, 0.4) is 0 Å². The Morgan fingerprint density at radius 2 is 2.20 bits per heavy atom. The van der Waals surface area contributed by atoms with E-state index in [2.05, 4.69) is 12.6 Å². The van der Waals surface area contributed by atoms with E-state index in [1.165, 1.54) is 11.8 Å². The first-order chi connectivity index (χ1) is 7.27. The van der Waals surface area contributed by atoms with Crippen LogP contribution in [0.1, 0.15) is 0 Å². The molecule has 0 aliphatic rings. The van der Waals surface area contributed by atoms with Gasteiger partial charge in [-0.2, -0.15) is 12.6 Å². The van der Waals surface area contributed by atoms with Gasteiger partial charge in [0.05, 0.1) is 11.5 Å². The average Bonchev–Trinajstić information content (AvgIpc) is 2.26. The summed E-state index contributed by atoms with van der Waals surface area (Å²) in [5, 5.41) is 18.1. The number of aliphatic hydroxyl groups excluding tert-OH is 1. The highest BCUT2D eigenvalue weighted by Crippen LogP contribution is 2.31. The van der Waals surface area contributed by atoms with Gasteiger partial charge in [-0.15, -0.1) is 11.8 Å². The molecular weight excluding hydrogens is 232 g/mol. The van der Waals surface area contributed by atoms with Crippen LogP contribution < -0.4 is 4.74 Å². The first-order valence-corrected chi connectivity index (χ1v) is 6.20. The molecule has 1 aromatic rings. The normalized spacial score (nSPS) is 10.3. The number of rotatable bonds is 6. The first-order valence-electron chi connectivity index (χ1n) is 4.58. The van der Waals surface area contributed by atoms with Crippen molar-refractivity contribution in [3.05, 3.63) is 18.2 Å². The predicted octanol–water partition coefficient (Wildman–Crippen LogP) is 1.79. The molecule has 0 unspecified atom stereocenters. The zero-order valence-electron chi connectivity index (χ0n) is 8.22. The number of aliphatic hydroxyl groups is 1. The van der Waals surface area contributed by atoms with Gasteiger partial charge in [0.25, 0.3) is 0 Å². The fourth-order valence-corrected chi connectivity index (χ4v) is 2.02. The highest BCUT2D eigenvalue weighted by atomic mass is 32.2. The van der Waals surface area contributed by atoms with Crippen molar-refractivity contribution in [3.8, 4) is 11.5 Å². The Morgan fingerprint density at radius 3 is 2.87 bits per heavy atom. The number of phenols is 1. The molecule has 1 aromatic carbocycles. The van der Waals surface area contributed by atoms with E-state index in [1.807, 2.05) is 0 Å². The van der Waals surface area contributed by atoms with Gasteiger partial charge in [0.15, 0.2) is 0 Å². The van der Waals surface area contributed by atoms with Gasteiger partial charge in [-0.25, -0.2) is 0 Å². The number of ether oxygens (including phenoxy) is 1. The maximum Gasteiger partial charge on any atom is 0.129 e. The minimum Gasteiger partial charge on any atom is -0.507 e. The quantitative estimate of drug-likeness (QED) is 0.529. The summed E-state index contributed by atoms with van der Waals surface area (Å²) in [6.45, 7) is 0.251. The van der Waals surface area contributed by atoms with Crippen molar-refractivity contribution in [2.75, 3.05) is 24.7 Å². The second-order valence-electron chi connectivity index (χ2n) is 2.77. The van der Waals surface area contributed by atoms with Crippen LogP contribution in [0.4, 0.5) is 0 Å². The number of thioether (sulfide) groups is 1. The summed E-state index contributed by atoms with van der Waals surface area (Å²) in [5.74, 6) is 2.49. The third-order valence-corrected chi connectivity index (χ3v) is 3.21. The minimum absolute atomic E-state index is 0.0139. The smallest absolute Gasteiger partial charge is 0.129 e. The SMILES string of the molecule is OCCOc1ccc(O)c(SCCS)c1. The highest BCUT2D eigenvalue weighted by Gasteiger charge is 2.03. The lowest BCUT2D eigenvalue weighted by Crippen LogP contribution is -2.01. The molecule has 0 amide bonds. The van der Waals surface area contributed by atoms with Crippen molar-refractivity contribution in [3.63, 3.8) is 0 Å². The molecule has 0 spiro atoms. The van der Waals surface area contributed by atoms with Crippen LogP contribution in [0.5, 0.6) is 11.5 Å². The van der Waals surface area contributed by atoms with E-state index in [-0.39, 0.29) is 19.0 Å². The molecule has 0 saturated heterocycles. The standard InChI is InChI=1S/C10H14O3S2/c11-3-4-13-8-1-2-9(12)10(7-8)15-6-5-14/h1-2,7,11-12,14H,3-6H2. The Labute approximate surface area is 98.9 Å². The molecular formula is C10H14O3S2. The van der Waals surface area contributed by atoms with E-state index in [4.69, 9.17) is 9.84 Å². The van der Waals surface area contributed by atoms with E-state index in [1.54, 1.807) is 18.2 Å². The molecule has 0 radical (unpaired) electrons. The molecule has 84 valence electrons. The molecule has 0 fully saturated rings. The molecule has 0 saturated carbocycles. The van der Waals surface area contributed by atoms with Crippen molar-refractivity contribution in [2.24, 2.45) is 0 Å². The van der Waals surface area contributed by atoms with Gasteiger partial charge in [-0.05, 0) is 24.0 Å². The van der Waals surface area contributed by atoms with Crippen LogP contribution >= 0.6 is 24.4 Å². The first kappa shape index (κ1) is 12.5. The van der Waals surface area contributed by atoms with E-state index in [9.17, 15) is 5.11 Å². The molecule has 0 aliphatic heterocycles. The maximum absolute atomic E-state index is 9.54. The average molecular weight is 246 g/mol. The maximum atomic E-state index is 9.54. The molecule has 5 heteroatoms. The monoisotopic (exact) mass is 246 g/mol. The van der Waals surface area contributed by atoms with Crippen LogP contribution in [0, 0.1) is 0 Å². The summed E-state index contributed by atoms with van der Waals surface area (Å²) in [5.41, 5.74) is 0. The molecule has 0 atom stereocenters. The summed E-state index contributed by atoms with van der Waals surface area (Å²) in [7, 11) is 0. The summed E-state index contributed by atoms with van der Waals surface area (Å²) >= 11 is 5.63. The van der Waals surface area contributed by atoms with Crippen molar-refractivity contribution in [2.45, 2.75) is 4.90 Å². The number of benzene rings is 1. The van der Waals surface area contributed by atoms with Crippen molar-refractivity contribution < 1.29 is 14.9 Å². The van der Waals surface area contributed by atoms with Crippen molar-refractivity contribution in [1.82, 2.24) is 0 Å². The fraction of sp³-hybridized carbons (Fsp3) is 0.400. The minimum atomic E-state index is -0.0139. The highest BCUT2D eigenvalue weighted by molar-refractivity contribution is 8.00. The van der Waals surface area contributed by atoms with E-state index < -0.39 is 0 Å². The van der Waals surface area contributed by atoms with E-state index in [0.29, 0.717) is 5.75 Å². The third-order valence-electron chi connectivity index (χ3n) is 1.64. The summed E-state index contributed by atoms with van der Waals surface area (Å²) in [4.78, 5) is 0.777. The molecule has 0 heterocycles. The summed E-state index contributed by atoms with van der Waals surface area (Å²) in [6.07, 6.45) is 0. The Morgan fingerprint density at radius 1 is 1.40 bits per heavy atom. The third kappa shape index (κ3) is 4.24. The van der Waals surface area contributed by atoms with E-state index >= 15 is 0 Å². The van der Waals surface area contributed by atoms with Gasteiger partial charge in [0.2, 0.25) is 0 Å². The van der Waals surface area contributed by atoms with Gasteiger partial charge >= 0.3 is 0 Å². The zero-order chi connectivity index (χ0) is 11.1. The van der Waals surface area contributed by atoms with E-state index in [0.717, 1.165) is 16.4 Å². The Hall–Kier alpha value is -0.520. The predicted molar refractivity (Wildman–Crippen MR) is 65.3 cm³/mol. The van der Waals surface area contributed by atoms with Gasteiger partial charge in [0, 0.05) is 5.75 Å². The topological polar surface area (TPSA) is 49.7 Å². The number of thiol groups is 1. The number of hydrogen-bond donors (Lipinski definition) is 3. The van der Waals surface area contributed by atoms with Crippen molar-refractivity contribution in [1.29, 1.82) is 0 Å². The van der Waals surface area contributed by atoms with Gasteiger partial charge in [0.1, 0.15) is 18.1 Å². The lowest BCUT2D eigenvalue weighted by Gasteiger charge is -2.07. The lowest BCUT2D eigenvalue weighted by atomic mass is 10.3. The Balaban J connectivity index is 2.66. The zero-order valence-corrected chi connectivity index (χ0v) is 9.93.